The van der Waals surface area contributed by atoms with Crippen molar-refractivity contribution in [1.82, 2.24) is 20.0 Å². The van der Waals surface area contributed by atoms with Gasteiger partial charge < -0.3 is 14.8 Å². The zero-order valence-corrected chi connectivity index (χ0v) is 19.6. The molecule has 1 aliphatic rings. The maximum atomic E-state index is 12.1. The lowest BCUT2D eigenvalue weighted by molar-refractivity contribution is 0.0738. The fraction of sp³-hybridized carbons (Fsp3) is 0.565. The van der Waals surface area contributed by atoms with Crippen molar-refractivity contribution in [3.63, 3.8) is 0 Å². The van der Waals surface area contributed by atoms with Crippen LogP contribution in [0, 0.1) is 13.8 Å². The highest BCUT2D eigenvalue weighted by molar-refractivity contribution is 6.32. The standard InChI is InChI=1S/C23H33ClN4O3/c1-16-13-17(2)28(26-16)15-18(3)27-10-7-20(8-11-27)31-22-6-5-19(14-21(22)24)23(29)25-9-12-30-4/h5-6,13-14,18,20H,7-12,15H2,1-4H3,(H,25,29). The molecule has 1 saturated heterocycles. The molecule has 31 heavy (non-hydrogen) atoms. The second kappa shape index (κ2) is 11.0. The van der Waals surface area contributed by atoms with E-state index in [-0.39, 0.29) is 12.0 Å². The summed E-state index contributed by atoms with van der Waals surface area (Å²) in [6, 6.07) is 7.72. The van der Waals surface area contributed by atoms with Gasteiger partial charge in [0.1, 0.15) is 11.9 Å². The lowest BCUT2D eigenvalue weighted by Crippen LogP contribution is -2.44. The molecule has 1 unspecified atom stereocenters. The third-order valence-electron chi connectivity index (χ3n) is 5.72. The molecule has 2 heterocycles. The molecule has 1 aromatic carbocycles. The van der Waals surface area contributed by atoms with E-state index in [0.717, 1.165) is 38.2 Å². The normalized spacial score (nSPS) is 16.3. The molecule has 1 amide bonds. The SMILES string of the molecule is COCCNC(=O)c1ccc(OC2CCN(C(C)Cn3nc(C)cc3C)CC2)c(Cl)c1. The molecule has 8 heteroatoms. The first kappa shape index (κ1) is 23.6. The quantitative estimate of drug-likeness (QED) is 0.595. The molecule has 7 nitrogen and oxygen atoms in total. The molecule has 0 radical (unpaired) electrons. The van der Waals surface area contributed by atoms with Gasteiger partial charge in [0.05, 0.1) is 23.9 Å². The average Bonchev–Trinajstić information content (AvgIpc) is 3.06. The Morgan fingerprint density at radius 2 is 2.03 bits per heavy atom. The molecule has 1 aliphatic heterocycles. The number of carbonyl (C=O) groups is 1. The van der Waals surface area contributed by atoms with Crippen LogP contribution in [0.1, 0.15) is 41.5 Å². The fourth-order valence-corrected chi connectivity index (χ4v) is 4.17. The number of carbonyl (C=O) groups excluding carboxylic acids is 1. The van der Waals surface area contributed by atoms with Crippen LogP contribution < -0.4 is 10.1 Å². The van der Waals surface area contributed by atoms with E-state index < -0.39 is 0 Å². The summed E-state index contributed by atoms with van der Waals surface area (Å²) >= 11 is 6.39. The zero-order chi connectivity index (χ0) is 22.4. The van der Waals surface area contributed by atoms with Gasteiger partial charge in [0.15, 0.2) is 0 Å². The molecule has 3 rings (SSSR count). The zero-order valence-electron chi connectivity index (χ0n) is 18.9. The molecule has 0 bridgehead atoms. The number of nitrogens with zero attached hydrogens (tertiary/aromatic N) is 3. The summed E-state index contributed by atoms with van der Waals surface area (Å²) in [5.74, 6) is 0.458. The van der Waals surface area contributed by atoms with Crippen LogP contribution in [0.15, 0.2) is 24.3 Å². The predicted molar refractivity (Wildman–Crippen MR) is 122 cm³/mol. The van der Waals surface area contributed by atoms with Crippen molar-refractivity contribution in [2.24, 2.45) is 0 Å². The number of aromatic nitrogens is 2. The fourth-order valence-electron chi connectivity index (χ4n) is 3.95. The van der Waals surface area contributed by atoms with Gasteiger partial charge in [0, 0.05) is 44.0 Å². The largest absolute Gasteiger partial charge is 0.489 e. The molecular formula is C23H33ClN4O3. The lowest BCUT2D eigenvalue weighted by atomic mass is 10.1. The predicted octanol–water partition coefficient (Wildman–Crippen LogP) is 3.46. The van der Waals surface area contributed by atoms with Crippen LogP contribution in [0.25, 0.3) is 0 Å². The van der Waals surface area contributed by atoms with Crippen molar-refractivity contribution < 1.29 is 14.3 Å². The molecular weight excluding hydrogens is 416 g/mol. The van der Waals surface area contributed by atoms with Crippen molar-refractivity contribution in [3.05, 3.63) is 46.2 Å². The van der Waals surface area contributed by atoms with Crippen LogP contribution in [0.4, 0.5) is 0 Å². The Hall–Kier alpha value is -2.09. The summed E-state index contributed by atoms with van der Waals surface area (Å²) < 4.78 is 13.2. The van der Waals surface area contributed by atoms with E-state index in [1.54, 1.807) is 25.3 Å². The third-order valence-corrected chi connectivity index (χ3v) is 6.02. The van der Waals surface area contributed by atoms with E-state index in [4.69, 9.17) is 21.1 Å². The summed E-state index contributed by atoms with van der Waals surface area (Å²) in [6.45, 7) is 10.2. The number of piperidine rings is 1. The number of benzene rings is 1. The molecule has 1 N–H and O–H groups in total. The number of nitrogens with one attached hydrogen (secondary N) is 1. The van der Waals surface area contributed by atoms with Gasteiger partial charge in [0.25, 0.3) is 5.91 Å². The van der Waals surface area contributed by atoms with Gasteiger partial charge in [-0.1, -0.05) is 11.6 Å². The molecule has 1 fully saturated rings. The van der Waals surface area contributed by atoms with Crippen molar-refractivity contribution in [2.45, 2.75) is 52.3 Å². The van der Waals surface area contributed by atoms with Gasteiger partial charge in [-0.3, -0.25) is 14.4 Å². The van der Waals surface area contributed by atoms with Gasteiger partial charge >= 0.3 is 0 Å². The topological polar surface area (TPSA) is 68.6 Å². The van der Waals surface area contributed by atoms with Crippen molar-refractivity contribution >= 4 is 17.5 Å². The van der Waals surface area contributed by atoms with Gasteiger partial charge in [0.2, 0.25) is 0 Å². The summed E-state index contributed by atoms with van der Waals surface area (Å²) in [7, 11) is 1.60. The van der Waals surface area contributed by atoms with E-state index in [9.17, 15) is 4.79 Å². The first-order valence-corrected chi connectivity index (χ1v) is 11.2. The molecule has 1 aromatic heterocycles. The molecule has 0 spiro atoms. The number of likely N-dealkylation sites (tertiary alicyclic amines) is 1. The van der Waals surface area contributed by atoms with Crippen LogP contribution in [0.3, 0.4) is 0 Å². The molecule has 0 saturated carbocycles. The molecule has 1 atom stereocenters. The maximum Gasteiger partial charge on any atom is 0.251 e. The Labute approximate surface area is 189 Å². The van der Waals surface area contributed by atoms with E-state index in [0.29, 0.717) is 35.5 Å². The second-order valence-corrected chi connectivity index (χ2v) is 8.61. The Morgan fingerprint density at radius 1 is 1.29 bits per heavy atom. The highest BCUT2D eigenvalue weighted by atomic mass is 35.5. The van der Waals surface area contributed by atoms with E-state index >= 15 is 0 Å². The molecule has 0 aliphatic carbocycles. The van der Waals surface area contributed by atoms with E-state index in [1.165, 1.54) is 5.69 Å². The summed E-state index contributed by atoms with van der Waals surface area (Å²) in [5, 5.41) is 7.83. The smallest absolute Gasteiger partial charge is 0.251 e. The second-order valence-electron chi connectivity index (χ2n) is 8.21. The number of hydrogen-bond acceptors (Lipinski definition) is 5. The molecule has 2 aromatic rings. The Bertz CT molecular complexity index is 878. The Balaban J connectivity index is 1.49. The van der Waals surface area contributed by atoms with Crippen LogP contribution in [-0.4, -0.2) is 66.1 Å². The first-order valence-electron chi connectivity index (χ1n) is 10.9. The van der Waals surface area contributed by atoms with Crippen LogP contribution >= 0.6 is 11.6 Å². The number of ether oxygens (including phenoxy) is 2. The number of methoxy groups -OCH3 is 1. The summed E-state index contributed by atoms with van der Waals surface area (Å²) in [4.78, 5) is 14.6. The monoisotopic (exact) mass is 448 g/mol. The van der Waals surface area contributed by atoms with Gasteiger partial charge in [-0.05, 0) is 57.9 Å². The number of amides is 1. The minimum atomic E-state index is -0.171. The van der Waals surface area contributed by atoms with Gasteiger partial charge in [-0.15, -0.1) is 0 Å². The lowest BCUT2D eigenvalue weighted by Gasteiger charge is -2.36. The minimum Gasteiger partial charge on any atom is -0.489 e. The van der Waals surface area contributed by atoms with Crippen molar-refractivity contribution in [1.29, 1.82) is 0 Å². The average molecular weight is 449 g/mol. The number of hydrogen-bond donors (Lipinski definition) is 1. The van der Waals surface area contributed by atoms with E-state index in [2.05, 4.69) is 39.9 Å². The number of halogens is 1. The first-order chi connectivity index (χ1) is 14.9. The highest BCUT2D eigenvalue weighted by Gasteiger charge is 2.25. The van der Waals surface area contributed by atoms with Gasteiger partial charge in [-0.25, -0.2) is 0 Å². The third kappa shape index (κ3) is 6.45. The van der Waals surface area contributed by atoms with Crippen LogP contribution in [0.5, 0.6) is 5.75 Å². The molecule has 170 valence electrons. The minimum absolute atomic E-state index is 0.121. The van der Waals surface area contributed by atoms with Crippen LogP contribution in [0.2, 0.25) is 5.02 Å². The van der Waals surface area contributed by atoms with E-state index in [1.807, 2.05) is 6.92 Å². The highest BCUT2D eigenvalue weighted by Crippen LogP contribution is 2.29. The maximum absolute atomic E-state index is 12.1. The Kier molecular flexibility index (Phi) is 8.35. The Morgan fingerprint density at radius 3 is 2.65 bits per heavy atom. The number of aryl methyl sites for hydroxylation is 2. The van der Waals surface area contributed by atoms with Crippen LogP contribution in [-0.2, 0) is 11.3 Å². The number of rotatable bonds is 9. The summed E-state index contributed by atoms with van der Waals surface area (Å²) in [6.07, 6.45) is 2.00. The van der Waals surface area contributed by atoms with Crippen molar-refractivity contribution in [2.75, 3.05) is 33.4 Å². The van der Waals surface area contributed by atoms with Crippen molar-refractivity contribution in [3.8, 4) is 5.75 Å². The summed E-state index contributed by atoms with van der Waals surface area (Å²) in [5.41, 5.74) is 2.78. The van der Waals surface area contributed by atoms with Gasteiger partial charge in [-0.2, -0.15) is 5.10 Å².